The summed E-state index contributed by atoms with van der Waals surface area (Å²) in [5, 5.41) is 2.31. The fraction of sp³-hybridized carbons (Fsp3) is 0.105. The van der Waals surface area contributed by atoms with Crippen molar-refractivity contribution in [3.8, 4) is 0 Å². The third-order valence-electron chi connectivity index (χ3n) is 4.28. The van der Waals surface area contributed by atoms with Gasteiger partial charge < -0.3 is 0 Å². The maximum Gasteiger partial charge on any atom is 0.318 e. The number of carbonyl (C=O) groups is 1. The number of hydrogen-bond acceptors (Lipinski definition) is 4. The number of hydrogen-bond donors (Lipinski definition) is 0. The molecule has 126 valence electrons. The van der Waals surface area contributed by atoms with E-state index in [2.05, 4.69) is 0 Å². The van der Waals surface area contributed by atoms with Crippen LogP contribution in [-0.4, -0.2) is 19.4 Å². The van der Waals surface area contributed by atoms with Crippen molar-refractivity contribution in [3.63, 3.8) is 0 Å². The molecule has 1 atom stereocenters. The number of carbonyl (C=O) groups excluding carboxylic acids is 1. The van der Waals surface area contributed by atoms with E-state index in [9.17, 15) is 13.2 Å². The van der Waals surface area contributed by atoms with Crippen LogP contribution in [0.5, 0.6) is 0 Å². The lowest BCUT2D eigenvalue weighted by atomic mass is 9.97. The Balaban J connectivity index is 1.68. The monoisotopic (exact) mass is 353 g/mol. The molecule has 5 nitrogen and oxygen atoms in total. The SMILES string of the molecule is O=C1CC(c2ccccc2)N1OS(=O)(=O)c1cccc2ccccc12. The first-order chi connectivity index (χ1) is 12.1. The Kier molecular flexibility index (Phi) is 3.78. The molecule has 0 aromatic heterocycles. The quantitative estimate of drug-likeness (QED) is 0.674. The lowest BCUT2D eigenvalue weighted by Crippen LogP contribution is -2.47. The van der Waals surface area contributed by atoms with Crippen LogP contribution in [0.3, 0.4) is 0 Å². The normalized spacial score (nSPS) is 17.5. The average Bonchev–Trinajstić information content (AvgIpc) is 2.64. The van der Waals surface area contributed by atoms with E-state index < -0.39 is 16.2 Å². The molecular weight excluding hydrogens is 338 g/mol. The van der Waals surface area contributed by atoms with E-state index in [0.717, 1.165) is 16.0 Å². The summed E-state index contributed by atoms with van der Waals surface area (Å²) in [5.74, 6) is -0.349. The number of benzene rings is 3. The van der Waals surface area contributed by atoms with Crippen molar-refractivity contribution < 1.29 is 17.5 Å². The minimum Gasteiger partial charge on any atom is -0.272 e. The molecule has 25 heavy (non-hydrogen) atoms. The highest BCUT2D eigenvalue weighted by Gasteiger charge is 2.42. The lowest BCUT2D eigenvalue weighted by Gasteiger charge is -2.37. The Morgan fingerprint density at radius 1 is 0.880 bits per heavy atom. The van der Waals surface area contributed by atoms with Crippen LogP contribution in [0.15, 0.2) is 77.7 Å². The molecule has 0 aliphatic carbocycles. The summed E-state index contributed by atoms with van der Waals surface area (Å²) in [6.45, 7) is 0. The summed E-state index contributed by atoms with van der Waals surface area (Å²) in [6, 6.07) is 21.0. The second-order valence-corrected chi connectivity index (χ2v) is 7.35. The van der Waals surface area contributed by atoms with Gasteiger partial charge in [0.25, 0.3) is 0 Å². The number of rotatable bonds is 4. The summed E-state index contributed by atoms with van der Waals surface area (Å²) >= 11 is 0. The summed E-state index contributed by atoms with van der Waals surface area (Å²) in [7, 11) is -4.12. The molecule has 1 aliphatic rings. The van der Waals surface area contributed by atoms with Crippen LogP contribution in [0.1, 0.15) is 18.0 Å². The molecule has 4 rings (SSSR count). The van der Waals surface area contributed by atoms with E-state index in [1.165, 1.54) is 6.07 Å². The second kappa shape index (κ2) is 5.98. The third kappa shape index (κ3) is 2.79. The number of fused-ring (bicyclic) bond motifs is 1. The highest BCUT2D eigenvalue weighted by Crippen LogP contribution is 2.37. The Labute approximate surface area is 145 Å². The van der Waals surface area contributed by atoms with Crippen molar-refractivity contribution >= 4 is 26.8 Å². The Morgan fingerprint density at radius 3 is 2.32 bits per heavy atom. The van der Waals surface area contributed by atoms with E-state index in [1.807, 2.05) is 48.5 Å². The molecule has 1 heterocycles. The minimum atomic E-state index is -4.12. The summed E-state index contributed by atoms with van der Waals surface area (Å²) < 4.78 is 30.7. The number of nitrogens with zero attached hydrogens (tertiary/aromatic N) is 1. The van der Waals surface area contributed by atoms with Gasteiger partial charge in [0.15, 0.2) is 0 Å². The Bertz CT molecular complexity index is 1040. The number of amides is 1. The van der Waals surface area contributed by atoms with Crippen molar-refractivity contribution in [1.82, 2.24) is 5.06 Å². The topological polar surface area (TPSA) is 63.7 Å². The smallest absolute Gasteiger partial charge is 0.272 e. The standard InChI is InChI=1S/C19H15NO4S/c21-19-13-17(15-8-2-1-3-9-15)20(19)24-25(22,23)18-12-6-10-14-7-4-5-11-16(14)18/h1-12,17H,13H2. The first-order valence-corrected chi connectivity index (χ1v) is 9.26. The molecule has 1 unspecified atom stereocenters. The third-order valence-corrected chi connectivity index (χ3v) is 5.53. The molecular formula is C19H15NO4S. The van der Waals surface area contributed by atoms with Gasteiger partial charge in [0.1, 0.15) is 4.90 Å². The zero-order valence-electron chi connectivity index (χ0n) is 13.2. The molecule has 3 aromatic carbocycles. The van der Waals surface area contributed by atoms with Crippen LogP contribution in [0.25, 0.3) is 10.8 Å². The van der Waals surface area contributed by atoms with Gasteiger partial charge in [0, 0.05) is 5.39 Å². The van der Waals surface area contributed by atoms with Gasteiger partial charge in [-0.3, -0.25) is 4.79 Å². The molecule has 0 N–H and O–H groups in total. The molecule has 6 heteroatoms. The van der Waals surface area contributed by atoms with Crippen molar-refractivity contribution in [2.75, 3.05) is 0 Å². The van der Waals surface area contributed by atoms with Crippen LogP contribution in [0.4, 0.5) is 0 Å². The maximum atomic E-state index is 12.8. The van der Waals surface area contributed by atoms with Gasteiger partial charge in [-0.25, -0.2) is 0 Å². The van der Waals surface area contributed by atoms with Gasteiger partial charge in [0.05, 0.1) is 12.5 Å². The Hall–Kier alpha value is -2.70. The fourth-order valence-corrected chi connectivity index (χ4v) is 4.16. The second-order valence-electron chi connectivity index (χ2n) is 5.86. The molecule has 1 saturated heterocycles. The van der Waals surface area contributed by atoms with Gasteiger partial charge in [-0.15, -0.1) is 4.28 Å². The molecule has 1 aliphatic heterocycles. The summed E-state index contributed by atoms with van der Waals surface area (Å²) in [4.78, 5) is 12.0. The first-order valence-electron chi connectivity index (χ1n) is 7.86. The van der Waals surface area contributed by atoms with Crippen molar-refractivity contribution in [3.05, 3.63) is 78.4 Å². The van der Waals surface area contributed by atoms with Crippen LogP contribution in [-0.2, 0) is 19.2 Å². The van der Waals surface area contributed by atoms with Gasteiger partial charge in [-0.1, -0.05) is 66.7 Å². The van der Waals surface area contributed by atoms with Crippen LogP contribution in [0, 0.1) is 0 Å². The molecule has 3 aromatic rings. The molecule has 0 radical (unpaired) electrons. The van der Waals surface area contributed by atoms with Crippen LogP contribution >= 0.6 is 0 Å². The van der Waals surface area contributed by atoms with Crippen molar-refractivity contribution in [2.24, 2.45) is 0 Å². The largest absolute Gasteiger partial charge is 0.318 e. The molecule has 0 saturated carbocycles. The first kappa shape index (κ1) is 15.8. The van der Waals surface area contributed by atoms with E-state index in [0.29, 0.717) is 5.39 Å². The maximum absolute atomic E-state index is 12.8. The number of β-lactam (4-membered cyclic amide) rings is 1. The molecule has 0 spiro atoms. The minimum absolute atomic E-state index is 0.0529. The Morgan fingerprint density at radius 2 is 1.56 bits per heavy atom. The molecule has 0 bridgehead atoms. The molecule has 1 amide bonds. The van der Waals surface area contributed by atoms with E-state index in [1.54, 1.807) is 18.2 Å². The van der Waals surface area contributed by atoms with Gasteiger partial charge in [-0.2, -0.15) is 13.5 Å². The van der Waals surface area contributed by atoms with Gasteiger partial charge in [-0.05, 0) is 17.0 Å². The van der Waals surface area contributed by atoms with E-state index in [4.69, 9.17) is 4.28 Å². The predicted octanol–water partition coefficient (Wildman–Crippen LogP) is 3.43. The van der Waals surface area contributed by atoms with Crippen LogP contribution < -0.4 is 0 Å². The number of hydroxylamine groups is 2. The van der Waals surface area contributed by atoms with Crippen LogP contribution in [0.2, 0.25) is 0 Å². The van der Waals surface area contributed by atoms with E-state index in [-0.39, 0.29) is 17.2 Å². The van der Waals surface area contributed by atoms with Crippen molar-refractivity contribution in [1.29, 1.82) is 0 Å². The highest BCUT2D eigenvalue weighted by molar-refractivity contribution is 7.87. The zero-order valence-corrected chi connectivity index (χ0v) is 14.0. The summed E-state index contributed by atoms with van der Waals surface area (Å²) in [5.41, 5.74) is 0.843. The zero-order chi connectivity index (χ0) is 17.4. The molecule has 1 fully saturated rings. The predicted molar refractivity (Wildman–Crippen MR) is 92.9 cm³/mol. The van der Waals surface area contributed by atoms with Crippen molar-refractivity contribution in [2.45, 2.75) is 17.4 Å². The highest BCUT2D eigenvalue weighted by atomic mass is 32.2. The fourth-order valence-electron chi connectivity index (χ4n) is 2.98. The van der Waals surface area contributed by atoms with Gasteiger partial charge >= 0.3 is 10.1 Å². The lowest BCUT2D eigenvalue weighted by molar-refractivity contribution is -0.189. The van der Waals surface area contributed by atoms with E-state index >= 15 is 0 Å². The summed E-state index contributed by atoms with van der Waals surface area (Å²) in [6.07, 6.45) is 0.231. The van der Waals surface area contributed by atoms with Gasteiger partial charge in [0.2, 0.25) is 5.91 Å². The average molecular weight is 353 g/mol.